The number of hydrogen-bond donors (Lipinski definition) is 3. The van der Waals surface area contributed by atoms with Gasteiger partial charge in [-0.1, -0.05) is 0 Å². The summed E-state index contributed by atoms with van der Waals surface area (Å²) in [4.78, 5) is 19.5. The maximum atomic E-state index is 12.9. The molecule has 26 heavy (non-hydrogen) atoms. The number of pyridine rings is 1. The maximum absolute atomic E-state index is 12.9. The van der Waals surface area contributed by atoms with Crippen LogP contribution in [0.3, 0.4) is 0 Å². The number of nitrogens with zero attached hydrogens (tertiary/aromatic N) is 4. The maximum Gasteiger partial charge on any atom is 0.261 e. The Kier molecular flexibility index (Phi) is 4.48. The number of anilines is 3. The van der Waals surface area contributed by atoms with Gasteiger partial charge in [-0.15, -0.1) is 11.3 Å². The van der Waals surface area contributed by atoms with Crippen LogP contribution >= 0.6 is 11.3 Å². The van der Waals surface area contributed by atoms with Crippen molar-refractivity contribution in [1.29, 1.82) is 0 Å². The first-order chi connectivity index (χ1) is 12.6. The van der Waals surface area contributed by atoms with Crippen LogP contribution in [0.1, 0.15) is 16.8 Å². The zero-order valence-corrected chi connectivity index (χ0v) is 15.3. The summed E-state index contributed by atoms with van der Waals surface area (Å²) in [6.45, 7) is 3.69. The number of nitrogens with two attached hydrogens (primary N) is 1. The lowest BCUT2D eigenvalue weighted by Gasteiger charge is -2.23. The zero-order chi connectivity index (χ0) is 18.1. The van der Waals surface area contributed by atoms with Crippen LogP contribution in [0.5, 0.6) is 0 Å². The molecule has 0 radical (unpaired) electrons. The predicted octanol–water partition coefficient (Wildman–Crippen LogP) is 1.66. The van der Waals surface area contributed by atoms with E-state index in [1.165, 1.54) is 11.3 Å². The summed E-state index contributed by atoms with van der Waals surface area (Å²) < 4.78 is 2.70. The van der Waals surface area contributed by atoms with Crippen molar-refractivity contribution in [2.75, 3.05) is 42.1 Å². The van der Waals surface area contributed by atoms with Gasteiger partial charge in [0.25, 0.3) is 5.91 Å². The lowest BCUT2D eigenvalue weighted by molar-refractivity contribution is 0.102. The summed E-state index contributed by atoms with van der Waals surface area (Å²) in [5, 5.41) is 11.2. The van der Waals surface area contributed by atoms with Gasteiger partial charge in [0.15, 0.2) is 5.82 Å². The van der Waals surface area contributed by atoms with Crippen LogP contribution in [-0.4, -0.2) is 46.9 Å². The number of aromatic nitrogens is 3. The Balaban J connectivity index is 1.65. The van der Waals surface area contributed by atoms with Crippen LogP contribution in [0.25, 0.3) is 10.2 Å². The smallest absolute Gasteiger partial charge is 0.261 e. The molecule has 0 unspecified atom stereocenters. The molecule has 1 fully saturated rings. The number of hydrogen-bond acceptors (Lipinski definition) is 7. The number of thiophene rings is 1. The van der Waals surface area contributed by atoms with E-state index >= 15 is 0 Å². The Morgan fingerprint density at radius 3 is 3.15 bits per heavy atom. The van der Waals surface area contributed by atoms with Gasteiger partial charge in [-0.05, 0) is 25.1 Å². The summed E-state index contributed by atoms with van der Waals surface area (Å²) in [5.41, 5.74) is 7.85. The molecule has 0 spiro atoms. The Morgan fingerprint density at radius 1 is 1.38 bits per heavy atom. The van der Waals surface area contributed by atoms with Crippen molar-refractivity contribution in [3.8, 4) is 0 Å². The minimum Gasteiger partial charge on any atom is -0.390 e. The second-order valence-corrected chi connectivity index (χ2v) is 7.33. The fourth-order valence-electron chi connectivity index (χ4n) is 3.30. The molecule has 8 nitrogen and oxygen atoms in total. The molecule has 1 aliphatic heterocycles. The first kappa shape index (κ1) is 16.8. The van der Waals surface area contributed by atoms with Gasteiger partial charge < -0.3 is 21.3 Å². The number of nitrogens with one attached hydrogen (secondary N) is 2. The third-order valence-corrected chi connectivity index (χ3v) is 5.47. The Labute approximate surface area is 155 Å². The van der Waals surface area contributed by atoms with Crippen molar-refractivity contribution in [3.05, 3.63) is 30.1 Å². The van der Waals surface area contributed by atoms with Crippen LogP contribution in [0.4, 0.5) is 16.5 Å². The number of rotatable bonds is 3. The highest BCUT2D eigenvalue weighted by Crippen LogP contribution is 2.33. The number of carbonyl (C=O) groups excluding carboxylic acids is 1. The number of aryl methyl sites for hydroxylation is 1. The minimum atomic E-state index is -0.255. The Bertz CT molecular complexity index is 940. The zero-order valence-electron chi connectivity index (χ0n) is 14.5. The van der Waals surface area contributed by atoms with E-state index in [1.54, 1.807) is 17.1 Å². The average Bonchev–Trinajstić information content (AvgIpc) is 3.01. The van der Waals surface area contributed by atoms with Crippen molar-refractivity contribution >= 4 is 44.0 Å². The predicted molar refractivity (Wildman–Crippen MR) is 105 cm³/mol. The fourth-order valence-corrected chi connectivity index (χ4v) is 4.23. The summed E-state index contributed by atoms with van der Waals surface area (Å²) in [5.74, 6) is 0.655. The van der Waals surface area contributed by atoms with Gasteiger partial charge in [0, 0.05) is 32.9 Å². The van der Waals surface area contributed by atoms with Crippen molar-refractivity contribution in [1.82, 2.24) is 20.1 Å². The second kappa shape index (κ2) is 6.93. The summed E-state index contributed by atoms with van der Waals surface area (Å²) in [6.07, 6.45) is 4.40. The molecule has 4 rings (SSSR count). The molecular formula is C17H21N7OS. The van der Waals surface area contributed by atoms with E-state index in [2.05, 4.69) is 25.6 Å². The third kappa shape index (κ3) is 2.99. The normalized spacial score (nSPS) is 15.2. The van der Waals surface area contributed by atoms with E-state index in [9.17, 15) is 4.79 Å². The molecule has 0 atom stereocenters. The number of carbonyl (C=O) groups is 1. The highest BCUT2D eigenvalue weighted by atomic mass is 32.1. The fraction of sp³-hybridized carbons (Fsp3) is 0.353. The first-order valence-corrected chi connectivity index (χ1v) is 9.39. The minimum absolute atomic E-state index is 0.255. The topological polar surface area (TPSA) is 101 Å². The van der Waals surface area contributed by atoms with Crippen molar-refractivity contribution in [2.45, 2.75) is 6.42 Å². The van der Waals surface area contributed by atoms with Crippen LogP contribution < -0.4 is 21.3 Å². The van der Waals surface area contributed by atoms with Gasteiger partial charge in [-0.25, -0.2) is 0 Å². The van der Waals surface area contributed by atoms with E-state index in [0.29, 0.717) is 21.8 Å². The molecular weight excluding hydrogens is 350 g/mol. The lowest BCUT2D eigenvalue weighted by Crippen LogP contribution is -2.30. The lowest BCUT2D eigenvalue weighted by atomic mass is 10.2. The van der Waals surface area contributed by atoms with Gasteiger partial charge in [-0.3, -0.25) is 14.5 Å². The van der Waals surface area contributed by atoms with Gasteiger partial charge in [-0.2, -0.15) is 5.10 Å². The molecule has 0 bridgehead atoms. The van der Waals surface area contributed by atoms with E-state index < -0.39 is 0 Å². The molecule has 4 N–H and O–H groups in total. The van der Waals surface area contributed by atoms with Crippen molar-refractivity contribution < 1.29 is 4.79 Å². The molecule has 3 aromatic heterocycles. The summed E-state index contributed by atoms with van der Waals surface area (Å²) in [7, 11) is 1.89. The van der Waals surface area contributed by atoms with E-state index in [1.807, 2.05) is 19.2 Å². The number of fused-ring (bicyclic) bond motifs is 1. The summed E-state index contributed by atoms with van der Waals surface area (Å²) in [6, 6.07) is 3.76. The van der Waals surface area contributed by atoms with Crippen molar-refractivity contribution in [3.63, 3.8) is 0 Å². The molecule has 3 aromatic rings. The van der Waals surface area contributed by atoms with Gasteiger partial charge in [0.1, 0.15) is 16.3 Å². The van der Waals surface area contributed by atoms with Gasteiger partial charge >= 0.3 is 0 Å². The van der Waals surface area contributed by atoms with Crippen LogP contribution in [0, 0.1) is 0 Å². The monoisotopic (exact) mass is 371 g/mol. The molecule has 0 saturated carbocycles. The second-order valence-electron chi connectivity index (χ2n) is 6.24. The van der Waals surface area contributed by atoms with E-state index in [4.69, 9.17) is 5.73 Å². The molecule has 9 heteroatoms. The SMILES string of the molecule is Cn1ncc(NC(=O)c2c(N)sc3cccnc23)c1N1CCCNCC1. The largest absolute Gasteiger partial charge is 0.390 e. The average molecular weight is 371 g/mol. The van der Waals surface area contributed by atoms with Crippen LogP contribution in [0.2, 0.25) is 0 Å². The molecule has 0 aromatic carbocycles. The van der Waals surface area contributed by atoms with Crippen LogP contribution in [0.15, 0.2) is 24.5 Å². The van der Waals surface area contributed by atoms with Crippen LogP contribution in [-0.2, 0) is 7.05 Å². The molecule has 0 aliphatic carbocycles. The standard InChI is InChI=1S/C17H21N7OS/c1-23-17(24-8-3-5-19-7-9-24)11(10-21-23)22-16(25)13-14-12(26-15(13)18)4-2-6-20-14/h2,4,6,10,19H,3,5,7-9,18H2,1H3,(H,22,25). The molecule has 1 saturated heterocycles. The Morgan fingerprint density at radius 2 is 2.27 bits per heavy atom. The van der Waals surface area contributed by atoms with Crippen molar-refractivity contribution in [2.24, 2.45) is 7.05 Å². The van der Waals surface area contributed by atoms with Gasteiger partial charge in [0.05, 0.1) is 16.4 Å². The molecule has 1 amide bonds. The summed E-state index contributed by atoms with van der Waals surface area (Å²) >= 11 is 1.37. The molecule has 4 heterocycles. The first-order valence-electron chi connectivity index (χ1n) is 8.57. The molecule has 1 aliphatic rings. The quantitative estimate of drug-likeness (QED) is 0.647. The number of amides is 1. The highest BCUT2D eigenvalue weighted by molar-refractivity contribution is 7.23. The number of nitrogen functional groups attached to an aromatic ring is 1. The Hall–Kier alpha value is -2.65. The van der Waals surface area contributed by atoms with E-state index in [-0.39, 0.29) is 5.91 Å². The van der Waals surface area contributed by atoms with Gasteiger partial charge in [0.2, 0.25) is 0 Å². The van der Waals surface area contributed by atoms with E-state index in [0.717, 1.165) is 43.1 Å². The highest BCUT2D eigenvalue weighted by Gasteiger charge is 2.23. The third-order valence-electron chi connectivity index (χ3n) is 4.50. The molecule has 136 valence electrons.